The number of hydrogen-bond donors (Lipinski definition) is 8. The van der Waals surface area contributed by atoms with E-state index in [1.165, 1.54) is 44.7 Å². The number of rotatable bonds is 25. The quantitative estimate of drug-likeness (QED) is 0.0304. The summed E-state index contributed by atoms with van der Waals surface area (Å²) in [6.45, 7) is 6.88. The third kappa shape index (κ3) is 16.7. The highest BCUT2D eigenvalue weighted by molar-refractivity contribution is 7.98. The molecule has 1 saturated heterocycles. The number of methoxy groups -OCH3 is 1. The van der Waals surface area contributed by atoms with Gasteiger partial charge in [-0.05, 0) is 76.8 Å². The first-order valence-electron chi connectivity index (χ1n) is 19.0. The number of hydrogen-bond acceptors (Lipinski definition) is 13. The molecule has 0 aliphatic carbocycles. The minimum absolute atomic E-state index is 0.153. The maximum Gasteiger partial charge on any atom is 0.326 e. The van der Waals surface area contributed by atoms with Gasteiger partial charge in [0.2, 0.25) is 41.4 Å². The number of nitrogens with zero attached hydrogens (tertiary/aromatic N) is 2. The minimum atomic E-state index is -1.23. The Kier molecular flexibility index (Phi) is 23.2. The molecule has 1 rings (SSSR count). The molecule has 0 bridgehead atoms. The summed E-state index contributed by atoms with van der Waals surface area (Å²) in [4.78, 5) is 118. The number of carboxylic acid groups (broad SMARTS) is 1. The summed E-state index contributed by atoms with van der Waals surface area (Å²) in [6.07, 6.45) is 3.65. The Hall–Kier alpha value is -4.11. The maximum absolute atomic E-state index is 13.6. The molecule has 0 saturated carbocycles. The summed E-state index contributed by atoms with van der Waals surface area (Å²) in [5.41, 5.74) is 5.50. The lowest BCUT2D eigenvalue weighted by molar-refractivity contribution is -0.145. The van der Waals surface area contributed by atoms with Gasteiger partial charge in [-0.1, -0.05) is 13.8 Å². The van der Waals surface area contributed by atoms with Gasteiger partial charge in [0.25, 0.3) is 0 Å². The summed E-state index contributed by atoms with van der Waals surface area (Å²) in [5, 5.41) is 22.6. The fourth-order valence-corrected chi connectivity index (χ4v) is 6.59. The van der Waals surface area contributed by atoms with Crippen molar-refractivity contribution in [2.75, 3.05) is 45.0 Å². The predicted molar refractivity (Wildman–Crippen MR) is 216 cm³/mol. The van der Waals surface area contributed by atoms with Crippen LogP contribution in [-0.2, 0) is 47.9 Å². The van der Waals surface area contributed by atoms with E-state index in [9.17, 15) is 48.3 Å². The van der Waals surface area contributed by atoms with E-state index >= 15 is 0 Å². The van der Waals surface area contributed by atoms with Crippen LogP contribution in [0.5, 0.6) is 0 Å². The summed E-state index contributed by atoms with van der Waals surface area (Å²) < 4.78 is 4.54. The SMILES string of the molecule is COC(=O)CCC(=O)N(C)[C@@H](C)C(=O)N[C@@H](C)C(=O)N1CCC[C@H]1C(=O)N[C@H](C(=O)N[C@@H](CS)C(=O)N[C@@H](CCSC)C(=O)N[C@@H](CCCCN)C(=O)O)C(C)C. The topological polar surface area (TPSA) is 276 Å². The first-order chi connectivity index (χ1) is 26.8. The van der Waals surface area contributed by atoms with Crippen LogP contribution in [-0.4, -0.2) is 155 Å². The molecule has 0 aromatic heterocycles. The zero-order valence-electron chi connectivity index (χ0n) is 34.0. The zero-order valence-corrected chi connectivity index (χ0v) is 35.7. The number of ether oxygens (including phenoxy) is 1. The van der Waals surface area contributed by atoms with Gasteiger partial charge in [0.1, 0.15) is 42.3 Å². The van der Waals surface area contributed by atoms with E-state index in [4.69, 9.17) is 5.73 Å². The Labute approximate surface area is 344 Å². The summed E-state index contributed by atoms with van der Waals surface area (Å²) in [7, 11) is 2.60. The number of unbranched alkanes of at least 4 members (excludes halogenated alkanes) is 1. The molecule has 57 heavy (non-hydrogen) atoms. The molecule has 0 radical (unpaired) electrons. The highest BCUT2D eigenvalue weighted by Crippen LogP contribution is 2.20. The number of amides is 7. The van der Waals surface area contributed by atoms with Crippen LogP contribution in [0, 0.1) is 5.92 Å². The Morgan fingerprint density at radius 1 is 0.860 bits per heavy atom. The molecule has 7 atom stereocenters. The molecule has 0 unspecified atom stereocenters. The number of thioether (sulfide) groups is 1. The minimum Gasteiger partial charge on any atom is -0.480 e. The summed E-state index contributed by atoms with van der Waals surface area (Å²) in [6, 6.07) is -7.67. The molecular formula is C36H62N8O11S2. The van der Waals surface area contributed by atoms with Gasteiger partial charge in [0, 0.05) is 25.8 Å². The van der Waals surface area contributed by atoms with Crippen molar-refractivity contribution in [3.05, 3.63) is 0 Å². The molecule has 1 heterocycles. The number of likely N-dealkylation sites (N-methyl/N-ethyl adjacent to an activating group) is 1. The third-order valence-electron chi connectivity index (χ3n) is 9.56. The van der Waals surface area contributed by atoms with Crippen molar-refractivity contribution in [3.63, 3.8) is 0 Å². The number of likely N-dealkylation sites (tertiary alicyclic amines) is 1. The second-order valence-corrected chi connectivity index (χ2v) is 15.5. The molecule has 21 heteroatoms. The first kappa shape index (κ1) is 50.9. The Bertz CT molecular complexity index is 1420. The normalized spacial score (nSPS) is 16.9. The van der Waals surface area contributed by atoms with Crippen LogP contribution < -0.4 is 32.3 Å². The number of nitrogens with one attached hydrogen (secondary N) is 5. The van der Waals surface area contributed by atoms with Gasteiger partial charge in [0.15, 0.2) is 0 Å². The largest absolute Gasteiger partial charge is 0.480 e. The lowest BCUT2D eigenvalue weighted by Crippen LogP contribution is -2.60. The molecule has 0 aromatic carbocycles. The van der Waals surface area contributed by atoms with E-state index in [1.807, 2.05) is 6.26 Å². The molecular weight excluding hydrogens is 785 g/mol. The Morgan fingerprint density at radius 3 is 2.04 bits per heavy atom. The van der Waals surface area contributed by atoms with Crippen LogP contribution in [0.2, 0.25) is 0 Å². The van der Waals surface area contributed by atoms with E-state index in [1.54, 1.807) is 13.8 Å². The number of thiol groups is 1. The number of aliphatic carboxylic acids is 1. The van der Waals surface area contributed by atoms with E-state index in [0.717, 1.165) is 4.90 Å². The Morgan fingerprint density at radius 2 is 1.47 bits per heavy atom. The zero-order chi connectivity index (χ0) is 43.4. The monoisotopic (exact) mass is 846 g/mol. The molecule has 1 aliphatic rings. The van der Waals surface area contributed by atoms with Gasteiger partial charge in [0.05, 0.1) is 13.5 Å². The summed E-state index contributed by atoms with van der Waals surface area (Å²) in [5.74, 6) is -6.36. The second-order valence-electron chi connectivity index (χ2n) is 14.2. The number of carbonyl (C=O) groups excluding carboxylic acids is 8. The highest BCUT2D eigenvalue weighted by atomic mass is 32.2. The molecule has 0 spiro atoms. The Balaban J connectivity index is 2.98. The average Bonchev–Trinajstić information content (AvgIpc) is 3.67. The van der Waals surface area contributed by atoms with Crippen LogP contribution >= 0.6 is 24.4 Å². The molecule has 7 amide bonds. The van der Waals surface area contributed by atoms with Crippen LogP contribution in [0.3, 0.4) is 0 Å². The fourth-order valence-electron chi connectivity index (χ4n) is 5.87. The first-order valence-corrected chi connectivity index (χ1v) is 21.0. The third-order valence-corrected chi connectivity index (χ3v) is 10.6. The van der Waals surface area contributed by atoms with Crippen LogP contribution in [0.1, 0.15) is 79.1 Å². The number of esters is 1. The average molecular weight is 847 g/mol. The number of carboxylic acids is 1. The number of carbonyl (C=O) groups is 9. The smallest absolute Gasteiger partial charge is 0.326 e. The number of nitrogens with two attached hydrogens (primary N) is 1. The highest BCUT2D eigenvalue weighted by Gasteiger charge is 2.39. The molecule has 8 N–H and O–H groups in total. The van der Waals surface area contributed by atoms with E-state index in [0.29, 0.717) is 31.6 Å². The fraction of sp³-hybridized carbons (Fsp3) is 0.750. The van der Waals surface area contributed by atoms with Gasteiger partial charge in [-0.15, -0.1) is 0 Å². The molecule has 19 nitrogen and oxygen atoms in total. The van der Waals surface area contributed by atoms with Crippen molar-refractivity contribution < 1.29 is 53.0 Å². The molecule has 0 aromatic rings. The molecule has 324 valence electrons. The van der Waals surface area contributed by atoms with Gasteiger partial charge < -0.3 is 52.0 Å². The lowest BCUT2D eigenvalue weighted by Gasteiger charge is -2.31. The van der Waals surface area contributed by atoms with Crippen molar-refractivity contribution in [3.8, 4) is 0 Å². The van der Waals surface area contributed by atoms with Gasteiger partial charge in [-0.2, -0.15) is 24.4 Å². The van der Waals surface area contributed by atoms with Crippen molar-refractivity contribution in [2.24, 2.45) is 11.7 Å². The van der Waals surface area contributed by atoms with Crippen LogP contribution in [0.4, 0.5) is 0 Å². The van der Waals surface area contributed by atoms with Crippen molar-refractivity contribution >= 4 is 77.7 Å². The second kappa shape index (κ2) is 26.0. The summed E-state index contributed by atoms with van der Waals surface area (Å²) >= 11 is 5.65. The van der Waals surface area contributed by atoms with Crippen LogP contribution in [0.25, 0.3) is 0 Å². The maximum atomic E-state index is 13.6. The van der Waals surface area contributed by atoms with Crippen molar-refractivity contribution in [1.29, 1.82) is 0 Å². The lowest BCUT2D eigenvalue weighted by atomic mass is 10.0. The molecule has 1 fully saturated rings. The van der Waals surface area contributed by atoms with E-state index in [-0.39, 0.29) is 44.4 Å². The van der Waals surface area contributed by atoms with Gasteiger partial charge in [-0.3, -0.25) is 38.4 Å². The van der Waals surface area contributed by atoms with Crippen LogP contribution in [0.15, 0.2) is 0 Å². The van der Waals surface area contributed by atoms with Gasteiger partial charge >= 0.3 is 11.9 Å². The standard InChI is InChI=1S/C36H62N8O11S2/c1-20(2)29(34(51)41-25(19-56)32(49)39-23(15-18-57-7)31(48)40-24(36(53)54)11-8-9-16-37)42-33(50)26-12-10-17-44(26)35(52)21(3)38-30(47)22(4)43(5)27(45)13-14-28(46)55-6/h20-26,29,56H,8-19,37H2,1-7H3,(H,38,47)(H,39,49)(H,40,48)(H,41,51)(H,42,50)(H,53,54)/t21-,22-,23-,24-,25-,26-,29-/m0/s1. The van der Waals surface area contributed by atoms with E-state index < -0.39 is 101 Å². The predicted octanol–water partition coefficient (Wildman–Crippen LogP) is -1.23. The van der Waals surface area contributed by atoms with E-state index in [2.05, 4.69) is 43.9 Å². The van der Waals surface area contributed by atoms with Crippen molar-refractivity contribution in [2.45, 2.75) is 121 Å². The van der Waals surface area contributed by atoms with Gasteiger partial charge in [-0.25, -0.2) is 4.79 Å². The molecule has 1 aliphatic heterocycles. The van der Waals surface area contributed by atoms with Crippen molar-refractivity contribution in [1.82, 2.24) is 36.4 Å².